The number of aromatic nitrogens is 2. The molecule has 0 unspecified atom stereocenters. The number of rotatable bonds is 2. The molecule has 0 fully saturated rings. The fourth-order valence-electron chi connectivity index (χ4n) is 3.76. The van der Waals surface area contributed by atoms with Gasteiger partial charge in [0.05, 0.1) is 12.1 Å². The molecule has 0 atom stereocenters. The molecule has 0 aliphatic rings. The van der Waals surface area contributed by atoms with Crippen LogP contribution in [0.2, 0.25) is 5.02 Å². The van der Waals surface area contributed by atoms with Crippen molar-refractivity contribution in [2.45, 2.75) is 0 Å². The van der Waals surface area contributed by atoms with Crippen LogP contribution in [0, 0.1) is 0 Å². The molecule has 0 saturated carbocycles. The molecule has 5 heteroatoms. The Balaban J connectivity index is 1.97. The van der Waals surface area contributed by atoms with Crippen LogP contribution in [0.4, 0.5) is 0 Å². The minimum Gasteiger partial charge on any atom is -0.508 e. The number of halogens is 1. The normalized spacial score (nSPS) is 11.6. The van der Waals surface area contributed by atoms with Gasteiger partial charge in [-0.25, -0.2) is 0 Å². The van der Waals surface area contributed by atoms with Gasteiger partial charge < -0.3 is 19.8 Å². The van der Waals surface area contributed by atoms with E-state index in [0.717, 1.165) is 49.5 Å². The summed E-state index contributed by atoms with van der Waals surface area (Å²) in [5, 5.41) is 14.7. The van der Waals surface area contributed by atoms with E-state index in [1.54, 1.807) is 19.2 Å². The van der Waals surface area contributed by atoms with Crippen LogP contribution in [0.1, 0.15) is 0 Å². The van der Waals surface area contributed by atoms with Crippen LogP contribution >= 0.6 is 11.6 Å². The molecule has 4 nitrogen and oxygen atoms in total. The van der Waals surface area contributed by atoms with Crippen LogP contribution < -0.4 is 4.74 Å². The van der Waals surface area contributed by atoms with Crippen LogP contribution in [0.25, 0.3) is 43.7 Å². The van der Waals surface area contributed by atoms with Gasteiger partial charge in [0, 0.05) is 50.5 Å². The molecule has 0 amide bonds. The number of aromatic hydroxyl groups is 1. The smallest absolute Gasteiger partial charge is 0.128 e. The van der Waals surface area contributed by atoms with Gasteiger partial charge >= 0.3 is 0 Å². The van der Waals surface area contributed by atoms with E-state index < -0.39 is 0 Å². The molecule has 0 aliphatic heterocycles. The first kappa shape index (κ1) is 15.2. The molecule has 3 aromatic carbocycles. The maximum atomic E-state index is 9.91. The topological polar surface area (TPSA) is 61.0 Å². The van der Waals surface area contributed by atoms with Crippen LogP contribution in [-0.4, -0.2) is 22.2 Å². The number of hydrogen-bond acceptors (Lipinski definition) is 2. The van der Waals surface area contributed by atoms with E-state index in [-0.39, 0.29) is 5.75 Å². The Hall–Kier alpha value is -3.11. The highest BCUT2D eigenvalue weighted by Crippen LogP contribution is 2.44. The fraction of sp³-hybridized carbons (Fsp3) is 0.0476. The number of phenols is 1. The van der Waals surface area contributed by atoms with Gasteiger partial charge in [0.1, 0.15) is 11.5 Å². The quantitative estimate of drug-likeness (QED) is 0.369. The zero-order valence-corrected chi connectivity index (χ0v) is 14.7. The Morgan fingerprint density at radius 3 is 2.65 bits per heavy atom. The Morgan fingerprint density at radius 2 is 1.81 bits per heavy atom. The second-order valence-electron chi connectivity index (χ2n) is 6.30. The summed E-state index contributed by atoms with van der Waals surface area (Å²) in [4.78, 5) is 6.65. The third-order valence-corrected chi connectivity index (χ3v) is 5.18. The lowest BCUT2D eigenvalue weighted by atomic mass is 9.97. The summed E-state index contributed by atoms with van der Waals surface area (Å²) >= 11 is 6.53. The Morgan fingerprint density at radius 1 is 0.962 bits per heavy atom. The number of methoxy groups -OCH3 is 1. The number of hydrogen-bond donors (Lipinski definition) is 3. The van der Waals surface area contributed by atoms with Crippen molar-refractivity contribution >= 4 is 44.2 Å². The number of H-pyrrole nitrogens is 2. The largest absolute Gasteiger partial charge is 0.508 e. The Labute approximate surface area is 154 Å². The average Bonchev–Trinajstić information content (AvgIpc) is 3.24. The van der Waals surface area contributed by atoms with Crippen molar-refractivity contribution in [1.29, 1.82) is 0 Å². The van der Waals surface area contributed by atoms with Crippen molar-refractivity contribution < 1.29 is 9.84 Å². The molecule has 5 rings (SSSR count). The molecular weight excluding hydrogens is 348 g/mol. The predicted molar refractivity (Wildman–Crippen MR) is 106 cm³/mol. The Kier molecular flexibility index (Phi) is 3.18. The zero-order valence-electron chi connectivity index (χ0n) is 13.9. The van der Waals surface area contributed by atoms with E-state index in [0.29, 0.717) is 5.02 Å². The van der Waals surface area contributed by atoms with Gasteiger partial charge in [-0.3, -0.25) is 0 Å². The van der Waals surface area contributed by atoms with Crippen molar-refractivity contribution in [2.75, 3.05) is 7.11 Å². The highest BCUT2D eigenvalue weighted by molar-refractivity contribution is 6.35. The van der Waals surface area contributed by atoms with Crippen LogP contribution in [-0.2, 0) is 0 Å². The Bertz CT molecular complexity index is 1300. The summed E-state index contributed by atoms with van der Waals surface area (Å²) in [6.07, 6.45) is 3.94. The molecule has 26 heavy (non-hydrogen) atoms. The van der Waals surface area contributed by atoms with Gasteiger partial charge in [0.25, 0.3) is 0 Å². The third-order valence-electron chi connectivity index (χ3n) is 4.87. The molecule has 0 saturated heterocycles. The van der Waals surface area contributed by atoms with E-state index in [4.69, 9.17) is 16.3 Å². The number of nitrogens with one attached hydrogen (secondary N) is 2. The summed E-state index contributed by atoms with van der Waals surface area (Å²) in [5.41, 5.74) is 3.81. The highest BCUT2D eigenvalue weighted by Gasteiger charge is 2.18. The van der Waals surface area contributed by atoms with E-state index >= 15 is 0 Å². The number of fused-ring (bicyclic) bond motifs is 5. The molecule has 0 bridgehead atoms. The first-order chi connectivity index (χ1) is 12.7. The second-order valence-corrected chi connectivity index (χ2v) is 6.71. The number of ether oxygens (including phenoxy) is 1. The van der Waals surface area contributed by atoms with Gasteiger partial charge in [0.15, 0.2) is 0 Å². The molecule has 5 aromatic rings. The van der Waals surface area contributed by atoms with E-state index in [1.807, 2.05) is 36.7 Å². The fourth-order valence-corrected chi connectivity index (χ4v) is 4.03. The van der Waals surface area contributed by atoms with E-state index in [1.165, 1.54) is 0 Å². The van der Waals surface area contributed by atoms with Crippen LogP contribution in [0.3, 0.4) is 0 Å². The SMILES string of the molecule is COc1cccc(Cl)c1-c1cc2[nH]c3ccc(O)cc3c2c2c[nH]cc12. The van der Waals surface area contributed by atoms with Crippen molar-refractivity contribution in [3.8, 4) is 22.6 Å². The van der Waals surface area contributed by atoms with Crippen molar-refractivity contribution in [2.24, 2.45) is 0 Å². The van der Waals surface area contributed by atoms with Gasteiger partial charge in [-0.2, -0.15) is 0 Å². The summed E-state index contributed by atoms with van der Waals surface area (Å²) in [7, 11) is 1.65. The van der Waals surface area contributed by atoms with Crippen molar-refractivity contribution in [3.05, 3.63) is 59.9 Å². The number of aromatic amines is 2. The maximum Gasteiger partial charge on any atom is 0.128 e. The molecule has 0 spiro atoms. The van der Waals surface area contributed by atoms with E-state index in [9.17, 15) is 5.11 Å². The van der Waals surface area contributed by atoms with Gasteiger partial charge in [0.2, 0.25) is 0 Å². The maximum absolute atomic E-state index is 9.91. The second kappa shape index (κ2) is 5.44. The minimum absolute atomic E-state index is 0.249. The molecular formula is C21H15ClN2O2. The van der Waals surface area contributed by atoms with Crippen LogP contribution in [0.15, 0.2) is 54.9 Å². The first-order valence-corrected chi connectivity index (χ1v) is 8.62. The van der Waals surface area contributed by atoms with Gasteiger partial charge in [-0.05, 0) is 42.0 Å². The zero-order chi connectivity index (χ0) is 17.8. The predicted octanol–water partition coefficient (Wildman–Crippen LogP) is 5.84. The molecule has 128 valence electrons. The monoisotopic (exact) mass is 362 g/mol. The lowest BCUT2D eigenvalue weighted by Gasteiger charge is -2.12. The minimum atomic E-state index is 0.249. The molecule has 3 N–H and O–H groups in total. The highest BCUT2D eigenvalue weighted by atomic mass is 35.5. The molecule has 2 aromatic heterocycles. The van der Waals surface area contributed by atoms with Crippen molar-refractivity contribution in [1.82, 2.24) is 9.97 Å². The third kappa shape index (κ3) is 2.02. The molecule has 2 heterocycles. The van der Waals surface area contributed by atoms with E-state index in [2.05, 4.69) is 16.0 Å². The van der Waals surface area contributed by atoms with Crippen molar-refractivity contribution in [3.63, 3.8) is 0 Å². The molecule has 0 aliphatic carbocycles. The molecule has 0 radical (unpaired) electrons. The van der Waals surface area contributed by atoms with Gasteiger partial charge in [-0.1, -0.05) is 17.7 Å². The summed E-state index contributed by atoms with van der Waals surface area (Å²) < 4.78 is 5.55. The summed E-state index contributed by atoms with van der Waals surface area (Å²) in [6, 6.07) is 13.1. The number of benzene rings is 3. The van der Waals surface area contributed by atoms with Crippen LogP contribution in [0.5, 0.6) is 11.5 Å². The van der Waals surface area contributed by atoms with Gasteiger partial charge in [-0.15, -0.1) is 0 Å². The lowest BCUT2D eigenvalue weighted by molar-refractivity contribution is 0.416. The summed E-state index contributed by atoms with van der Waals surface area (Å²) in [6.45, 7) is 0. The summed E-state index contributed by atoms with van der Waals surface area (Å²) in [5.74, 6) is 0.979. The number of phenolic OH excluding ortho intramolecular Hbond substituents is 1. The average molecular weight is 363 g/mol. The lowest BCUT2D eigenvalue weighted by Crippen LogP contribution is -1.89. The first-order valence-electron chi connectivity index (χ1n) is 8.24. The standard InChI is InChI=1S/C21H15ClN2O2/c1-26-19-4-2-3-16(22)21(19)12-8-18-20(15-10-23-9-14(12)15)13-7-11(25)5-6-17(13)24-18/h2-10,23-25H,1H3.